The van der Waals surface area contributed by atoms with E-state index in [1.54, 1.807) is 6.92 Å². The van der Waals surface area contributed by atoms with Crippen LogP contribution in [0, 0.1) is 0 Å². The minimum Gasteiger partial charge on any atom is -0.465 e. The van der Waals surface area contributed by atoms with Gasteiger partial charge in [0.2, 0.25) is 0 Å². The van der Waals surface area contributed by atoms with Crippen LogP contribution in [0.4, 0.5) is 11.5 Å². The van der Waals surface area contributed by atoms with Gasteiger partial charge in [-0.3, -0.25) is 19.1 Å². The van der Waals surface area contributed by atoms with Crippen LogP contribution in [-0.2, 0) is 16.6 Å². The average Bonchev–Trinajstić information content (AvgIpc) is 2.26. The van der Waals surface area contributed by atoms with Crippen LogP contribution in [0.3, 0.4) is 0 Å². The number of nitrogens with two attached hydrogens (primary N) is 1. The first kappa shape index (κ1) is 12.8. The molecule has 0 fully saturated rings. The Bertz CT molecular complexity index is 531. The molecule has 0 radical (unpaired) electrons. The van der Waals surface area contributed by atoms with Crippen LogP contribution in [0.2, 0.25) is 0 Å². The van der Waals surface area contributed by atoms with Crippen molar-refractivity contribution in [2.75, 3.05) is 24.2 Å². The van der Waals surface area contributed by atoms with Crippen molar-refractivity contribution in [2.45, 2.75) is 6.92 Å². The Kier molecular flexibility index (Phi) is 3.91. The van der Waals surface area contributed by atoms with E-state index in [0.717, 1.165) is 4.57 Å². The van der Waals surface area contributed by atoms with Crippen molar-refractivity contribution in [3.8, 4) is 0 Å². The van der Waals surface area contributed by atoms with Crippen molar-refractivity contribution in [2.24, 2.45) is 7.05 Å². The molecule has 0 saturated carbocycles. The number of nitrogens with one attached hydrogen (secondary N) is 2. The van der Waals surface area contributed by atoms with Gasteiger partial charge < -0.3 is 15.8 Å². The van der Waals surface area contributed by atoms with Gasteiger partial charge in [0.15, 0.2) is 0 Å². The zero-order valence-electron chi connectivity index (χ0n) is 9.57. The lowest BCUT2D eigenvalue weighted by Gasteiger charge is -2.09. The summed E-state index contributed by atoms with van der Waals surface area (Å²) >= 11 is 0. The first-order valence-electron chi connectivity index (χ1n) is 4.95. The predicted molar refractivity (Wildman–Crippen MR) is 61.8 cm³/mol. The Morgan fingerprint density at radius 2 is 2.18 bits per heavy atom. The number of nitrogen functional groups attached to an aromatic ring is 1. The smallest absolute Gasteiger partial charge is 0.329 e. The second-order valence-electron chi connectivity index (χ2n) is 3.24. The third-order valence-electron chi connectivity index (χ3n) is 2.08. The van der Waals surface area contributed by atoms with Gasteiger partial charge in [-0.2, -0.15) is 0 Å². The molecule has 0 aliphatic heterocycles. The van der Waals surface area contributed by atoms with Gasteiger partial charge in [-0.1, -0.05) is 0 Å². The molecule has 0 aromatic carbocycles. The van der Waals surface area contributed by atoms with Gasteiger partial charge in [0.25, 0.3) is 5.56 Å². The highest BCUT2D eigenvalue weighted by atomic mass is 16.5. The molecular formula is C9H14N4O4. The molecule has 0 aliphatic rings. The van der Waals surface area contributed by atoms with E-state index in [9.17, 15) is 14.4 Å². The molecule has 8 nitrogen and oxygen atoms in total. The van der Waals surface area contributed by atoms with Crippen molar-refractivity contribution in [1.29, 1.82) is 0 Å². The maximum atomic E-state index is 11.4. The summed E-state index contributed by atoms with van der Waals surface area (Å²) in [4.78, 5) is 35.7. The van der Waals surface area contributed by atoms with Crippen LogP contribution in [-0.4, -0.2) is 28.7 Å². The zero-order chi connectivity index (χ0) is 13.0. The highest BCUT2D eigenvalue weighted by Crippen LogP contribution is 2.07. The predicted octanol–water partition coefficient (Wildman–Crippen LogP) is -1.37. The third-order valence-corrected chi connectivity index (χ3v) is 2.08. The summed E-state index contributed by atoms with van der Waals surface area (Å²) in [5.41, 5.74) is 4.26. The van der Waals surface area contributed by atoms with Crippen LogP contribution in [0.1, 0.15) is 6.92 Å². The maximum absolute atomic E-state index is 11.4. The number of aromatic nitrogens is 2. The van der Waals surface area contributed by atoms with Crippen molar-refractivity contribution in [3.05, 3.63) is 20.8 Å². The first-order valence-corrected chi connectivity index (χ1v) is 4.95. The quantitative estimate of drug-likeness (QED) is 0.560. The van der Waals surface area contributed by atoms with Gasteiger partial charge in [0.05, 0.1) is 6.61 Å². The van der Waals surface area contributed by atoms with E-state index in [1.165, 1.54) is 7.05 Å². The first-order chi connectivity index (χ1) is 7.97. The lowest BCUT2D eigenvalue weighted by molar-refractivity contribution is -0.140. The molecule has 0 aliphatic carbocycles. The van der Waals surface area contributed by atoms with E-state index in [-0.39, 0.29) is 24.7 Å². The van der Waals surface area contributed by atoms with Crippen molar-refractivity contribution < 1.29 is 9.53 Å². The van der Waals surface area contributed by atoms with E-state index in [0.29, 0.717) is 0 Å². The summed E-state index contributed by atoms with van der Waals surface area (Å²) < 4.78 is 5.74. The average molecular weight is 242 g/mol. The monoisotopic (exact) mass is 242 g/mol. The molecule has 1 aromatic rings. The number of anilines is 2. The number of hydrogen-bond acceptors (Lipinski definition) is 6. The lowest BCUT2D eigenvalue weighted by Crippen LogP contribution is -2.33. The Morgan fingerprint density at radius 3 is 2.76 bits per heavy atom. The number of H-pyrrole nitrogens is 1. The molecule has 0 spiro atoms. The maximum Gasteiger partial charge on any atom is 0.329 e. The fourth-order valence-electron chi connectivity index (χ4n) is 1.18. The molecule has 1 aromatic heterocycles. The molecule has 0 saturated heterocycles. The SMILES string of the molecule is CCOC(=O)CNc1c(N)n(C)c(=O)[nH]c1=O. The van der Waals surface area contributed by atoms with E-state index in [4.69, 9.17) is 5.73 Å². The number of aromatic amines is 1. The van der Waals surface area contributed by atoms with Gasteiger partial charge in [0.1, 0.15) is 18.1 Å². The summed E-state index contributed by atoms with van der Waals surface area (Å²) in [6.45, 7) is 1.73. The number of esters is 1. The summed E-state index contributed by atoms with van der Waals surface area (Å²) in [6.07, 6.45) is 0. The number of carbonyl (C=O) groups is 1. The number of hydrogen-bond donors (Lipinski definition) is 3. The summed E-state index contributed by atoms with van der Waals surface area (Å²) in [7, 11) is 1.41. The van der Waals surface area contributed by atoms with Gasteiger partial charge >= 0.3 is 11.7 Å². The van der Waals surface area contributed by atoms with Crippen LogP contribution in [0.15, 0.2) is 9.59 Å². The number of nitrogens with zero attached hydrogens (tertiary/aromatic N) is 1. The van der Waals surface area contributed by atoms with Crippen LogP contribution in [0.25, 0.3) is 0 Å². The summed E-state index contributed by atoms with van der Waals surface area (Å²) in [5.74, 6) is -0.553. The second kappa shape index (κ2) is 5.19. The van der Waals surface area contributed by atoms with E-state index < -0.39 is 17.2 Å². The van der Waals surface area contributed by atoms with Gasteiger partial charge in [0, 0.05) is 7.05 Å². The minimum atomic E-state index is -0.671. The van der Waals surface area contributed by atoms with Gasteiger partial charge in [-0.25, -0.2) is 4.79 Å². The summed E-state index contributed by atoms with van der Waals surface area (Å²) in [5, 5.41) is 2.53. The van der Waals surface area contributed by atoms with Crippen molar-refractivity contribution in [1.82, 2.24) is 9.55 Å². The van der Waals surface area contributed by atoms with Gasteiger partial charge in [-0.15, -0.1) is 0 Å². The van der Waals surface area contributed by atoms with E-state index in [1.807, 2.05) is 0 Å². The fraction of sp³-hybridized carbons (Fsp3) is 0.444. The molecule has 0 bridgehead atoms. The Labute approximate surface area is 96.4 Å². The number of carbonyl (C=O) groups excluding carboxylic acids is 1. The van der Waals surface area contributed by atoms with Crippen LogP contribution in [0.5, 0.6) is 0 Å². The fourth-order valence-corrected chi connectivity index (χ4v) is 1.18. The highest BCUT2D eigenvalue weighted by Gasteiger charge is 2.11. The molecular weight excluding hydrogens is 228 g/mol. The minimum absolute atomic E-state index is 0.0276. The number of ether oxygens (including phenoxy) is 1. The Hall–Kier alpha value is -2.25. The second-order valence-corrected chi connectivity index (χ2v) is 3.24. The normalized spacial score (nSPS) is 10.0. The van der Waals surface area contributed by atoms with Crippen molar-refractivity contribution in [3.63, 3.8) is 0 Å². The summed E-state index contributed by atoms with van der Waals surface area (Å²) in [6, 6.07) is 0. The van der Waals surface area contributed by atoms with E-state index >= 15 is 0 Å². The largest absolute Gasteiger partial charge is 0.465 e. The van der Waals surface area contributed by atoms with Crippen LogP contribution >= 0.6 is 0 Å². The molecule has 94 valence electrons. The molecule has 1 heterocycles. The molecule has 17 heavy (non-hydrogen) atoms. The molecule has 0 atom stereocenters. The lowest BCUT2D eigenvalue weighted by atomic mass is 10.4. The van der Waals surface area contributed by atoms with Crippen LogP contribution < -0.4 is 22.3 Å². The Morgan fingerprint density at radius 1 is 1.53 bits per heavy atom. The Balaban J connectivity index is 2.93. The zero-order valence-corrected chi connectivity index (χ0v) is 9.57. The molecule has 4 N–H and O–H groups in total. The van der Waals surface area contributed by atoms with Crippen molar-refractivity contribution >= 4 is 17.5 Å². The molecule has 0 amide bonds. The number of rotatable bonds is 4. The topological polar surface area (TPSA) is 119 Å². The third kappa shape index (κ3) is 2.86. The molecule has 1 rings (SSSR count). The standard InChI is InChI=1S/C9H14N4O4/c1-3-17-5(14)4-11-6-7(10)13(2)9(16)12-8(6)15/h11H,3-4,10H2,1-2H3,(H,12,15,16). The molecule has 8 heteroatoms. The molecule has 0 unspecified atom stereocenters. The highest BCUT2D eigenvalue weighted by molar-refractivity contribution is 5.76. The van der Waals surface area contributed by atoms with Gasteiger partial charge in [-0.05, 0) is 6.92 Å². The van der Waals surface area contributed by atoms with E-state index in [2.05, 4.69) is 15.0 Å².